The van der Waals surface area contributed by atoms with Crippen molar-refractivity contribution < 1.29 is 23.5 Å². The lowest BCUT2D eigenvalue weighted by atomic mass is 9.98. The fourth-order valence-corrected chi connectivity index (χ4v) is 3.76. The van der Waals surface area contributed by atoms with E-state index in [2.05, 4.69) is 10.6 Å². The quantitative estimate of drug-likeness (QED) is 0.745. The highest BCUT2D eigenvalue weighted by atomic mass is 19.1. The summed E-state index contributed by atoms with van der Waals surface area (Å²) in [4.78, 5) is 38.0. The molecular weight excluding hydrogens is 353 g/mol. The first-order chi connectivity index (χ1) is 12.9. The summed E-state index contributed by atoms with van der Waals surface area (Å²) in [5.41, 5.74) is -0.164. The van der Waals surface area contributed by atoms with Gasteiger partial charge in [-0.05, 0) is 37.5 Å². The van der Waals surface area contributed by atoms with E-state index in [1.165, 1.54) is 19.2 Å². The van der Waals surface area contributed by atoms with E-state index >= 15 is 0 Å². The van der Waals surface area contributed by atoms with Crippen LogP contribution in [0.4, 0.5) is 9.18 Å². The van der Waals surface area contributed by atoms with Gasteiger partial charge in [0.2, 0.25) is 5.91 Å². The Morgan fingerprint density at radius 1 is 1.37 bits per heavy atom. The zero-order valence-corrected chi connectivity index (χ0v) is 15.5. The second-order valence-corrected chi connectivity index (χ2v) is 7.11. The molecule has 1 saturated carbocycles. The molecule has 146 valence electrons. The smallest absolute Gasteiger partial charge is 0.325 e. The van der Waals surface area contributed by atoms with Crippen molar-refractivity contribution in [1.82, 2.24) is 15.5 Å². The second-order valence-electron chi connectivity index (χ2n) is 7.11. The van der Waals surface area contributed by atoms with Crippen molar-refractivity contribution >= 4 is 17.8 Å². The monoisotopic (exact) mass is 377 g/mol. The normalized spacial score (nSPS) is 19.3. The molecule has 1 aliphatic heterocycles. The van der Waals surface area contributed by atoms with Gasteiger partial charge >= 0.3 is 6.03 Å². The van der Waals surface area contributed by atoms with Crippen LogP contribution in [0, 0.1) is 5.82 Å². The Hall–Kier alpha value is -2.64. The molecule has 0 bridgehead atoms. The standard InChI is InChI=1S/C19H24FN3O4/c1-12(13-5-6-15(27-2)14(20)11-13)21-16(24)7-10-23-17(25)19(22-18(23)26)8-3-4-9-19/h5-6,11-12H,3-4,7-10H2,1-2H3,(H,21,24)(H,22,26)/t12-/m0/s1. The van der Waals surface area contributed by atoms with Crippen molar-refractivity contribution in [3.8, 4) is 5.75 Å². The Labute approximate surface area is 157 Å². The molecule has 1 saturated heterocycles. The summed E-state index contributed by atoms with van der Waals surface area (Å²) in [6.45, 7) is 1.77. The molecule has 0 radical (unpaired) electrons. The van der Waals surface area contributed by atoms with Crippen molar-refractivity contribution in [3.63, 3.8) is 0 Å². The molecule has 1 aliphatic carbocycles. The molecule has 2 aliphatic rings. The summed E-state index contributed by atoms with van der Waals surface area (Å²) in [6, 6.07) is 3.64. The third-order valence-corrected chi connectivity index (χ3v) is 5.32. The molecule has 2 N–H and O–H groups in total. The van der Waals surface area contributed by atoms with Gasteiger partial charge in [-0.1, -0.05) is 18.9 Å². The van der Waals surface area contributed by atoms with Gasteiger partial charge in [-0.15, -0.1) is 0 Å². The summed E-state index contributed by atoms with van der Waals surface area (Å²) >= 11 is 0. The first-order valence-electron chi connectivity index (χ1n) is 9.13. The summed E-state index contributed by atoms with van der Waals surface area (Å²) in [6.07, 6.45) is 3.13. The molecule has 7 nitrogen and oxygen atoms in total. The highest BCUT2D eigenvalue weighted by molar-refractivity contribution is 6.07. The van der Waals surface area contributed by atoms with E-state index in [1.54, 1.807) is 13.0 Å². The van der Waals surface area contributed by atoms with Gasteiger partial charge in [0.25, 0.3) is 5.91 Å². The number of nitrogens with one attached hydrogen (secondary N) is 2. The minimum Gasteiger partial charge on any atom is -0.494 e. The number of imide groups is 1. The van der Waals surface area contributed by atoms with E-state index in [0.717, 1.165) is 17.7 Å². The summed E-state index contributed by atoms with van der Waals surface area (Å²) in [7, 11) is 1.38. The number of ether oxygens (including phenoxy) is 1. The number of benzene rings is 1. The summed E-state index contributed by atoms with van der Waals surface area (Å²) in [5, 5.41) is 5.55. The third kappa shape index (κ3) is 3.74. The number of carbonyl (C=O) groups excluding carboxylic acids is 3. The Morgan fingerprint density at radius 3 is 2.70 bits per heavy atom. The van der Waals surface area contributed by atoms with Crippen LogP contribution in [0.15, 0.2) is 18.2 Å². The molecule has 0 aromatic heterocycles. The zero-order chi connectivity index (χ0) is 19.6. The Bertz CT molecular complexity index is 761. The van der Waals surface area contributed by atoms with E-state index in [-0.39, 0.29) is 30.5 Å². The fraction of sp³-hybridized carbons (Fsp3) is 0.526. The van der Waals surface area contributed by atoms with Crippen molar-refractivity contribution in [2.24, 2.45) is 0 Å². The van der Waals surface area contributed by atoms with Crippen LogP contribution < -0.4 is 15.4 Å². The maximum absolute atomic E-state index is 13.8. The van der Waals surface area contributed by atoms with Gasteiger partial charge in [0.15, 0.2) is 11.6 Å². The van der Waals surface area contributed by atoms with Gasteiger partial charge in [-0.3, -0.25) is 14.5 Å². The number of hydrogen-bond acceptors (Lipinski definition) is 4. The molecule has 4 amide bonds. The van der Waals surface area contributed by atoms with Gasteiger partial charge in [0.1, 0.15) is 5.54 Å². The van der Waals surface area contributed by atoms with Crippen LogP contribution in [0.25, 0.3) is 0 Å². The Morgan fingerprint density at radius 2 is 2.07 bits per heavy atom. The zero-order valence-electron chi connectivity index (χ0n) is 15.5. The first-order valence-corrected chi connectivity index (χ1v) is 9.13. The Balaban J connectivity index is 1.54. The molecule has 2 fully saturated rings. The minimum atomic E-state index is -0.762. The number of methoxy groups -OCH3 is 1. The molecule has 1 atom stereocenters. The molecule has 0 unspecified atom stereocenters. The predicted molar refractivity (Wildman–Crippen MR) is 95.6 cm³/mol. The number of hydrogen-bond donors (Lipinski definition) is 2. The van der Waals surface area contributed by atoms with Gasteiger partial charge in [0, 0.05) is 13.0 Å². The van der Waals surface area contributed by atoms with E-state index < -0.39 is 23.4 Å². The lowest BCUT2D eigenvalue weighted by molar-refractivity contribution is -0.131. The third-order valence-electron chi connectivity index (χ3n) is 5.32. The minimum absolute atomic E-state index is 0.00177. The van der Waals surface area contributed by atoms with Crippen molar-refractivity contribution in [3.05, 3.63) is 29.6 Å². The second kappa shape index (κ2) is 7.54. The topological polar surface area (TPSA) is 87.7 Å². The number of urea groups is 1. The van der Waals surface area contributed by atoms with Crippen LogP contribution in [0.2, 0.25) is 0 Å². The maximum Gasteiger partial charge on any atom is 0.325 e. The molecule has 1 heterocycles. The van der Waals surface area contributed by atoms with Crippen LogP contribution in [0.1, 0.15) is 50.6 Å². The highest BCUT2D eigenvalue weighted by Crippen LogP contribution is 2.35. The first kappa shape index (κ1) is 19.1. The molecule has 1 spiro atoms. The Kier molecular flexibility index (Phi) is 5.34. The number of rotatable bonds is 6. The molecule has 27 heavy (non-hydrogen) atoms. The number of carbonyl (C=O) groups is 3. The van der Waals surface area contributed by atoms with Crippen LogP contribution in [0.5, 0.6) is 5.75 Å². The molecule has 1 aromatic carbocycles. The van der Waals surface area contributed by atoms with E-state index in [0.29, 0.717) is 18.4 Å². The molecule has 3 rings (SSSR count). The van der Waals surface area contributed by atoms with Crippen LogP contribution in [0.3, 0.4) is 0 Å². The van der Waals surface area contributed by atoms with Gasteiger partial charge in [-0.25, -0.2) is 9.18 Å². The van der Waals surface area contributed by atoms with Crippen LogP contribution in [-0.4, -0.2) is 41.9 Å². The van der Waals surface area contributed by atoms with Crippen molar-refractivity contribution in [2.45, 2.75) is 50.6 Å². The molecular formula is C19H24FN3O4. The van der Waals surface area contributed by atoms with E-state index in [1.807, 2.05) is 0 Å². The number of nitrogens with zero attached hydrogens (tertiary/aromatic N) is 1. The lowest BCUT2D eigenvalue weighted by Gasteiger charge is -2.20. The highest BCUT2D eigenvalue weighted by Gasteiger charge is 2.52. The van der Waals surface area contributed by atoms with E-state index in [4.69, 9.17) is 4.74 Å². The van der Waals surface area contributed by atoms with Crippen LogP contribution in [-0.2, 0) is 9.59 Å². The molecule has 8 heteroatoms. The largest absolute Gasteiger partial charge is 0.494 e. The number of halogens is 1. The van der Waals surface area contributed by atoms with Crippen molar-refractivity contribution in [2.75, 3.05) is 13.7 Å². The number of amides is 4. The summed E-state index contributed by atoms with van der Waals surface area (Å²) < 4.78 is 18.7. The van der Waals surface area contributed by atoms with Crippen LogP contribution >= 0.6 is 0 Å². The van der Waals surface area contributed by atoms with Gasteiger partial charge in [-0.2, -0.15) is 0 Å². The maximum atomic E-state index is 13.8. The summed E-state index contributed by atoms with van der Waals surface area (Å²) in [5.74, 6) is -0.913. The van der Waals surface area contributed by atoms with Crippen molar-refractivity contribution in [1.29, 1.82) is 0 Å². The average molecular weight is 377 g/mol. The average Bonchev–Trinajstić information content (AvgIpc) is 3.19. The fourth-order valence-electron chi connectivity index (χ4n) is 3.76. The molecule has 1 aromatic rings. The van der Waals surface area contributed by atoms with Gasteiger partial charge in [0.05, 0.1) is 13.2 Å². The SMILES string of the molecule is COc1ccc([C@H](C)NC(=O)CCN2C(=O)NC3(CCCC3)C2=O)cc1F. The predicted octanol–water partition coefficient (Wildman–Crippen LogP) is 2.27. The lowest BCUT2D eigenvalue weighted by Crippen LogP contribution is -2.44. The van der Waals surface area contributed by atoms with E-state index in [9.17, 15) is 18.8 Å². The van der Waals surface area contributed by atoms with Gasteiger partial charge < -0.3 is 15.4 Å².